The number of alkyl halides is 6. The average molecular weight is 721 g/mol. The van der Waals surface area contributed by atoms with Gasteiger partial charge >= 0.3 is 24.3 Å². The maximum Gasteiger partial charge on any atom is 0.432 e. The molecule has 12 heteroatoms. The SMILES string of the molecule is CO[C@](C(=O)O[C@@H](C/C=C\[C@@H](OC(=O)[C@@](OC)(c1ccccc1)C(F)(F)F)C1CCCCC1)CCc1ccccc1)(c1ccccc1)C(F)(F)F. The fourth-order valence-corrected chi connectivity index (χ4v) is 6.53. The van der Waals surface area contributed by atoms with E-state index in [1.807, 2.05) is 12.1 Å². The predicted molar refractivity (Wildman–Crippen MR) is 177 cm³/mol. The lowest BCUT2D eigenvalue weighted by molar-refractivity contribution is -0.279. The standard InChI is InChI=1S/C39H42F6O6/c1-48-36(38(40,41)42,30-20-11-5-12-21-30)34(46)50-32(27-26-28-16-7-3-8-17-28)24-15-25-33(29-18-9-4-10-19-29)51-35(47)37(49-2,39(43,44)45)31-22-13-6-14-23-31/h3,5-8,11-17,20-23,25,29,32-33H,4,9-10,18-19,24,26-27H2,1-2H3/b25-15-/t32-,33+,36-,37-/m0/s1. The van der Waals surface area contributed by atoms with Gasteiger partial charge in [0.05, 0.1) is 0 Å². The number of hydrogen-bond donors (Lipinski definition) is 0. The van der Waals surface area contributed by atoms with E-state index in [9.17, 15) is 35.9 Å². The van der Waals surface area contributed by atoms with E-state index in [0.717, 1.165) is 63.3 Å². The van der Waals surface area contributed by atoms with Crippen molar-refractivity contribution in [3.05, 3.63) is 120 Å². The molecule has 0 heterocycles. The summed E-state index contributed by atoms with van der Waals surface area (Å²) in [5.41, 5.74) is -6.88. The maximum atomic E-state index is 14.7. The highest BCUT2D eigenvalue weighted by Gasteiger charge is 2.65. The smallest absolute Gasteiger partial charge is 0.432 e. The van der Waals surface area contributed by atoms with Crippen molar-refractivity contribution in [2.24, 2.45) is 5.92 Å². The highest BCUT2D eigenvalue weighted by molar-refractivity contribution is 5.83. The van der Waals surface area contributed by atoms with Crippen LogP contribution < -0.4 is 0 Å². The van der Waals surface area contributed by atoms with Crippen molar-refractivity contribution in [3.8, 4) is 0 Å². The summed E-state index contributed by atoms with van der Waals surface area (Å²) in [7, 11) is 1.56. The lowest BCUT2D eigenvalue weighted by Gasteiger charge is -2.35. The fraction of sp³-hybridized carbons (Fsp3) is 0.436. The zero-order chi connectivity index (χ0) is 37.1. The molecule has 51 heavy (non-hydrogen) atoms. The summed E-state index contributed by atoms with van der Waals surface area (Å²) in [5.74, 6) is -3.63. The zero-order valence-corrected chi connectivity index (χ0v) is 28.4. The summed E-state index contributed by atoms with van der Waals surface area (Å²) in [4.78, 5) is 27.1. The summed E-state index contributed by atoms with van der Waals surface area (Å²) < 4.78 is 109. The monoisotopic (exact) mass is 720 g/mol. The van der Waals surface area contributed by atoms with Crippen LogP contribution in [0.15, 0.2) is 103 Å². The number of aryl methyl sites for hydroxylation is 1. The molecule has 1 saturated carbocycles. The van der Waals surface area contributed by atoms with Crippen molar-refractivity contribution in [1.82, 2.24) is 0 Å². The minimum Gasteiger partial charge on any atom is -0.459 e. The van der Waals surface area contributed by atoms with E-state index >= 15 is 0 Å². The van der Waals surface area contributed by atoms with Gasteiger partial charge in [0.2, 0.25) is 0 Å². The van der Waals surface area contributed by atoms with Gasteiger partial charge in [0, 0.05) is 31.8 Å². The molecule has 0 radical (unpaired) electrons. The van der Waals surface area contributed by atoms with E-state index in [2.05, 4.69) is 0 Å². The average Bonchev–Trinajstić information content (AvgIpc) is 3.11. The molecule has 3 aromatic carbocycles. The normalized spacial score (nSPS) is 18.0. The number of benzene rings is 3. The molecule has 0 bridgehead atoms. The van der Waals surface area contributed by atoms with E-state index in [1.165, 1.54) is 48.6 Å². The van der Waals surface area contributed by atoms with Crippen LogP contribution in [0.3, 0.4) is 0 Å². The van der Waals surface area contributed by atoms with Gasteiger partial charge in [-0.1, -0.05) is 116 Å². The lowest BCUT2D eigenvalue weighted by Crippen LogP contribution is -2.53. The summed E-state index contributed by atoms with van der Waals surface area (Å²) in [6, 6.07) is 22.0. The van der Waals surface area contributed by atoms with Crippen molar-refractivity contribution in [1.29, 1.82) is 0 Å². The Kier molecular flexibility index (Phi) is 13.5. The van der Waals surface area contributed by atoms with Gasteiger partial charge in [-0.2, -0.15) is 26.3 Å². The van der Waals surface area contributed by atoms with Gasteiger partial charge in [-0.05, 0) is 43.2 Å². The number of hydrogen-bond acceptors (Lipinski definition) is 6. The van der Waals surface area contributed by atoms with Crippen molar-refractivity contribution in [2.75, 3.05) is 14.2 Å². The molecular weight excluding hydrogens is 678 g/mol. The Morgan fingerprint density at radius 3 is 1.59 bits per heavy atom. The highest BCUT2D eigenvalue weighted by Crippen LogP contribution is 2.45. The molecule has 0 amide bonds. The molecule has 4 rings (SSSR count). The second kappa shape index (κ2) is 17.4. The summed E-state index contributed by atoms with van der Waals surface area (Å²) in [6.07, 6.45) is -5.77. The summed E-state index contributed by atoms with van der Waals surface area (Å²) >= 11 is 0. The summed E-state index contributed by atoms with van der Waals surface area (Å²) in [6.45, 7) is 0. The molecule has 0 saturated heterocycles. The predicted octanol–water partition coefficient (Wildman–Crippen LogP) is 9.18. The highest BCUT2D eigenvalue weighted by atomic mass is 19.4. The molecule has 0 aromatic heterocycles. The second-order valence-electron chi connectivity index (χ2n) is 12.5. The van der Waals surface area contributed by atoms with E-state index in [-0.39, 0.29) is 18.8 Å². The first-order valence-electron chi connectivity index (χ1n) is 16.8. The first kappa shape index (κ1) is 39.6. The summed E-state index contributed by atoms with van der Waals surface area (Å²) in [5, 5.41) is 0. The largest absolute Gasteiger partial charge is 0.459 e. The van der Waals surface area contributed by atoms with E-state index in [1.54, 1.807) is 18.2 Å². The Balaban J connectivity index is 1.64. The number of methoxy groups -OCH3 is 2. The molecule has 1 aliphatic rings. The minimum absolute atomic E-state index is 0.106. The third-order valence-corrected chi connectivity index (χ3v) is 9.30. The molecule has 0 N–H and O–H groups in total. The molecule has 1 aliphatic carbocycles. The Bertz CT molecular complexity index is 1560. The van der Waals surface area contributed by atoms with Crippen LogP contribution in [0.25, 0.3) is 0 Å². The maximum absolute atomic E-state index is 14.7. The first-order chi connectivity index (χ1) is 24.3. The van der Waals surface area contributed by atoms with Gasteiger partial charge in [-0.25, -0.2) is 9.59 Å². The van der Waals surface area contributed by atoms with Crippen molar-refractivity contribution in [2.45, 2.75) is 87.1 Å². The Morgan fingerprint density at radius 2 is 1.14 bits per heavy atom. The molecule has 6 nitrogen and oxygen atoms in total. The molecule has 276 valence electrons. The molecule has 4 atom stereocenters. The fourth-order valence-electron chi connectivity index (χ4n) is 6.53. The van der Waals surface area contributed by atoms with Crippen LogP contribution in [-0.4, -0.2) is 50.7 Å². The Hall–Kier alpha value is -4.16. The van der Waals surface area contributed by atoms with Crippen LogP contribution in [0, 0.1) is 5.92 Å². The Labute approximate surface area is 293 Å². The van der Waals surface area contributed by atoms with Gasteiger partial charge in [0.25, 0.3) is 11.2 Å². The number of halogens is 6. The van der Waals surface area contributed by atoms with Crippen LogP contribution in [0.5, 0.6) is 0 Å². The molecule has 0 unspecified atom stereocenters. The van der Waals surface area contributed by atoms with Crippen molar-refractivity contribution >= 4 is 11.9 Å². The molecule has 3 aromatic rings. The number of esters is 2. The van der Waals surface area contributed by atoms with Gasteiger partial charge in [0.15, 0.2) is 0 Å². The van der Waals surface area contributed by atoms with Crippen LogP contribution >= 0.6 is 0 Å². The number of carbonyl (C=O) groups excluding carboxylic acids is 2. The van der Waals surface area contributed by atoms with Crippen molar-refractivity contribution < 1.29 is 54.9 Å². The van der Waals surface area contributed by atoms with Crippen LogP contribution in [0.4, 0.5) is 26.3 Å². The zero-order valence-electron chi connectivity index (χ0n) is 28.4. The molecule has 1 fully saturated rings. The quantitative estimate of drug-likeness (QED) is 0.0887. The van der Waals surface area contributed by atoms with Gasteiger partial charge in [-0.3, -0.25) is 0 Å². The van der Waals surface area contributed by atoms with Gasteiger partial charge in [0.1, 0.15) is 12.2 Å². The van der Waals surface area contributed by atoms with Gasteiger partial charge in [-0.15, -0.1) is 0 Å². The van der Waals surface area contributed by atoms with E-state index < -0.39 is 58.8 Å². The first-order valence-corrected chi connectivity index (χ1v) is 16.8. The Morgan fingerprint density at radius 1 is 0.686 bits per heavy atom. The topological polar surface area (TPSA) is 71.1 Å². The molecule has 0 aliphatic heterocycles. The van der Waals surface area contributed by atoms with Gasteiger partial charge < -0.3 is 18.9 Å². The van der Waals surface area contributed by atoms with E-state index in [4.69, 9.17) is 18.9 Å². The van der Waals surface area contributed by atoms with Crippen molar-refractivity contribution in [3.63, 3.8) is 0 Å². The third-order valence-electron chi connectivity index (χ3n) is 9.30. The second-order valence-corrected chi connectivity index (χ2v) is 12.5. The van der Waals surface area contributed by atoms with Crippen LogP contribution in [0.1, 0.15) is 61.6 Å². The van der Waals surface area contributed by atoms with Crippen LogP contribution in [0.2, 0.25) is 0 Å². The minimum atomic E-state index is -5.19. The number of rotatable bonds is 15. The lowest BCUT2D eigenvalue weighted by atomic mass is 9.84. The van der Waals surface area contributed by atoms with E-state index in [0.29, 0.717) is 19.3 Å². The number of ether oxygens (including phenoxy) is 4. The molecule has 0 spiro atoms. The third kappa shape index (κ3) is 9.02. The number of carbonyl (C=O) groups is 2. The molecular formula is C39H42F6O6. The van der Waals surface area contributed by atoms with Crippen LogP contribution in [-0.2, 0) is 46.2 Å².